The molecule has 0 aromatic carbocycles. The summed E-state index contributed by atoms with van der Waals surface area (Å²) in [5.74, 6) is 2.24. The highest BCUT2D eigenvalue weighted by atomic mass is 32.2. The van der Waals surface area contributed by atoms with Crippen LogP contribution in [0.4, 0.5) is 0 Å². The van der Waals surface area contributed by atoms with E-state index >= 15 is 0 Å². The van der Waals surface area contributed by atoms with Crippen molar-refractivity contribution in [2.45, 2.75) is 67.2 Å². The molecule has 0 heterocycles. The molecule has 2 heteroatoms. The number of hydrogen-bond acceptors (Lipinski definition) is 2. The highest BCUT2D eigenvalue weighted by Gasteiger charge is 2.12. The molecule has 17 heavy (non-hydrogen) atoms. The average molecular weight is 258 g/mol. The molecule has 0 unspecified atom stereocenters. The van der Waals surface area contributed by atoms with Gasteiger partial charge in [-0.1, -0.05) is 41.5 Å². The molecule has 0 saturated heterocycles. The van der Waals surface area contributed by atoms with E-state index in [0.29, 0.717) is 22.4 Å². The highest BCUT2D eigenvalue weighted by molar-refractivity contribution is 7.99. The van der Waals surface area contributed by atoms with Gasteiger partial charge in [0.1, 0.15) is 5.78 Å². The number of Topliss-reactive ketones (excluding diaryl/α,β-unsaturated/α-hetero) is 1. The summed E-state index contributed by atoms with van der Waals surface area (Å²) in [4.78, 5) is 11.6. The lowest BCUT2D eigenvalue weighted by molar-refractivity contribution is -0.116. The number of carbonyl (C=O) groups is 1. The number of hydrogen-bond donors (Lipinski definition) is 0. The minimum Gasteiger partial charge on any atom is -0.299 e. The first kappa shape index (κ1) is 17.0. The summed E-state index contributed by atoms with van der Waals surface area (Å²) in [6.45, 7) is 13.4. The van der Waals surface area contributed by atoms with E-state index < -0.39 is 0 Å². The maximum atomic E-state index is 11.6. The summed E-state index contributed by atoms with van der Waals surface area (Å²) in [5, 5.41) is 0. The predicted octanol–water partition coefficient (Wildman–Crippen LogP) is 4.94. The van der Waals surface area contributed by atoms with Crippen LogP contribution in [-0.2, 0) is 4.79 Å². The Morgan fingerprint density at radius 3 is 1.94 bits per heavy atom. The van der Waals surface area contributed by atoms with Crippen molar-refractivity contribution in [3.8, 4) is 0 Å². The fraction of sp³-hybridized carbons (Fsp3) is 0.933. The lowest BCUT2D eigenvalue weighted by Gasteiger charge is -2.18. The van der Waals surface area contributed by atoms with E-state index in [9.17, 15) is 4.79 Å². The lowest BCUT2D eigenvalue weighted by Crippen LogP contribution is -2.09. The van der Waals surface area contributed by atoms with Crippen molar-refractivity contribution in [3.63, 3.8) is 0 Å². The van der Waals surface area contributed by atoms with Crippen LogP contribution in [0.1, 0.15) is 67.2 Å². The first-order chi connectivity index (χ1) is 7.60. The summed E-state index contributed by atoms with van der Waals surface area (Å²) in [6, 6.07) is 0. The Bertz CT molecular complexity index is 220. The quantitative estimate of drug-likeness (QED) is 0.602. The molecule has 0 saturated carbocycles. The van der Waals surface area contributed by atoms with Gasteiger partial charge in [-0.2, -0.15) is 11.8 Å². The Labute approximate surface area is 112 Å². The van der Waals surface area contributed by atoms with Crippen molar-refractivity contribution < 1.29 is 4.79 Å². The van der Waals surface area contributed by atoms with Gasteiger partial charge in [0.15, 0.2) is 0 Å². The second kappa shape index (κ2) is 7.45. The predicted molar refractivity (Wildman–Crippen MR) is 79.7 cm³/mol. The zero-order valence-corrected chi connectivity index (χ0v) is 13.4. The van der Waals surface area contributed by atoms with Crippen LogP contribution < -0.4 is 0 Å². The van der Waals surface area contributed by atoms with Gasteiger partial charge >= 0.3 is 0 Å². The van der Waals surface area contributed by atoms with Crippen LogP contribution in [0.2, 0.25) is 0 Å². The summed E-state index contributed by atoms with van der Waals surface area (Å²) in [7, 11) is 0. The maximum Gasteiger partial charge on any atom is 0.142 e. The molecule has 102 valence electrons. The van der Waals surface area contributed by atoms with Crippen molar-refractivity contribution in [2.75, 3.05) is 11.5 Å². The molecule has 0 fully saturated rings. The number of rotatable bonds is 7. The van der Waals surface area contributed by atoms with Gasteiger partial charge in [-0.15, -0.1) is 0 Å². The van der Waals surface area contributed by atoms with Crippen molar-refractivity contribution in [2.24, 2.45) is 10.8 Å². The molecule has 1 nitrogen and oxygen atoms in total. The van der Waals surface area contributed by atoms with E-state index in [-0.39, 0.29) is 0 Å². The molecule has 0 aliphatic rings. The van der Waals surface area contributed by atoms with Gasteiger partial charge in [-0.3, -0.25) is 4.79 Å². The molecule has 0 rings (SSSR count). The molecule has 0 aromatic heterocycles. The van der Waals surface area contributed by atoms with Gasteiger partial charge in [-0.05, 0) is 35.8 Å². The van der Waals surface area contributed by atoms with Gasteiger partial charge in [-0.25, -0.2) is 0 Å². The van der Waals surface area contributed by atoms with E-state index in [1.807, 2.05) is 0 Å². The molecule has 0 aromatic rings. The Morgan fingerprint density at radius 2 is 1.47 bits per heavy atom. The van der Waals surface area contributed by atoms with Crippen LogP contribution in [0.25, 0.3) is 0 Å². The minimum atomic E-state index is 0.361. The fourth-order valence-corrected chi connectivity index (χ4v) is 2.73. The third kappa shape index (κ3) is 14.0. The number of ketones is 1. The van der Waals surface area contributed by atoms with E-state index in [1.165, 1.54) is 6.42 Å². The first-order valence-corrected chi connectivity index (χ1v) is 7.85. The third-order valence-corrected chi connectivity index (χ3v) is 3.66. The second-order valence-corrected chi connectivity index (χ2v) is 8.42. The summed E-state index contributed by atoms with van der Waals surface area (Å²) in [6.07, 6.45) is 4.14. The first-order valence-electron chi connectivity index (χ1n) is 6.70. The van der Waals surface area contributed by atoms with E-state index in [4.69, 9.17) is 0 Å². The molecule has 0 bridgehead atoms. The summed E-state index contributed by atoms with van der Waals surface area (Å²) in [5.41, 5.74) is 0.752. The van der Waals surface area contributed by atoms with Crippen molar-refractivity contribution in [3.05, 3.63) is 0 Å². The normalized spacial score (nSPS) is 12.8. The SMILES string of the molecule is CC(C)(C)CCCC(=O)CSCCC(C)(C)C. The van der Waals surface area contributed by atoms with E-state index in [1.54, 1.807) is 11.8 Å². The molecular formula is C15H30OS. The molecular weight excluding hydrogens is 228 g/mol. The summed E-state index contributed by atoms with van der Waals surface area (Å²) >= 11 is 1.80. The topological polar surface area (TPSA) is 17.1 Å². The van der Waals surface area contributed by atoms with Gasteiger partial charge in [0.25, 0.3) is 0 Å². The Kier molecular flexibility index (Phi) is 7.46. The monoisotopic (exact) mass is 258 g/mol. The standard InChI is InChI=1S/C15H30OS/c1-14(2,3)9-7-8-13(16)12-17-11-10-15(4,5)6/h7-12H2,1-6H3. The second-order valence-electron chi connectivity index (χ2n) is 7.32. The Hall–Kier alpha value is 0.0200. The average Bonchev–Trinajstić information content (AvgIpc) is 2.09. The molecule has 0 aliphatic carbocycles. The maximum absolute atomic E-state index is 11.6. The van der Waals surface area contributed by atoms with E-state index in [0.717, 1.165) is 25.0 Å². The largest absolute Gasteiger partial charge is 0.299 e. The van der Waals surface area contributed by atoms with Gasteiger partial charge in [0, 0.05) is 6.42 Å². The number of carbonyl (C=O) groups excluding carboxylic acids is 1. The molecule has 0 N–H and O–H groups in total. The van der Waals surface area contributed by atoms with Crippen LogP contribution in [0, 0.1) is 10.8 Å². The van der Waals surface area contributed by atoms with Crippen LogP contribution >= 0.6 is 11.8 Å². The van der Waals surface area contributed by atoms with Gasteiger partial charge < -0.3 is 0 Å². The Balaban J connectivity index is 3.48. The fourth-order valence-electron chi connectivity index (χ4n) is 1.45. The van der Waals surface area contributed by atoms with Crippen LogP contribution in [0.15, 0.2) is 0 Å². The highest BCUT2D eigenvalue weighted by Crippen LogP contribution is 2.23. The van der Waals surface area contributed by atoms with Gasteiger partial charge in [0.2, 0.25) is 0 Å². The molecule has 0 atom stereocenters. The smallest absolute Gasteiger partial charge is 0.142 e. The van der Waals surface area contributed by atoms with Crippen LogP contribution in [0.3, 0.4) is 0 Å². The molecule has 0 spiro atoms. The van der Waals surface area contributed by atoms with Crippen molar-refractivity contribution in [1.29, 1.82) is 0 Å². The Morgan fingerprint density at radius 1 is 0.941 bits per heavy atom. The van der Waals surface area contributed by atoms with Gasteiger partial charge in [0.05, 0.1) is 5.75 Å². The summed E-state index contributed by atoms with van der Waals surface area (Å²) < 4.78 is 0. The van der Waals surface area contributed by atoms with Crippen LogP contribution in [-0.4, -0.2) is 17.3 Å². The van der Waals surface area contributed by atoms with Crippen LogP contribution in [0.5, 0.6) is 0 Å². The zero-order valence-electron chi connectivity index (χ0n) is 12.6. The number of thioether (sulfide) groups is 1. The van der Waals surface area contributed by atoms with Crippen molar-refractivity contribution >= 4 is 17.5 Å². The molecule has 0 aliphatic heterocycles. The molecule has 0 amide bonds. The molecule has 0 radical (unpaired) electrons. The third-order valence-electron chi connectivity index (χ3n) is 2.64. The van der Waals surface area contributed by atoms with E-state index in [2.05, 4.69) is 41.5 Å². The zero-order chi connectivity index (χ0) is 13.5. The lowest BCUT2D eigenvalue weighted by atomic mass is 9.89. The minimum absolute atomic E-state index is 0.361. The van der Waals surface area contributed by atoms with Crippen molar-refractivity contribution in [1.82, 2.24) is 0 Å².